The summed E-state index contributed by atoms with van der Waals surface area (Å²) in [5.74, 6) is 0. The number of rotatable bonds is 5. The lowest BCUT2D eigenvalue weighted by molar-refractivity contribution is 0.208. The average Bonchev–Trinajstić information content (AvgIpc) is 3.10. The highest BCUT2D eigenvalue weighted by Crippen LogP contribution is 2.21. The van der Waals surface area contributed by atoms with Gasteiger partial charge in [-0.1, -0.05) is 12.1 Å². The van der Waals surface area contributed by atoms with Crippen LogP contribution in [0.15, 0.2) is 48.7 Å². The molecule has 5 heteroatoms. The summed E-state index contributed by atoms with van der Waals surface area (Å²) < 4.78 is 0. The van der Waals surface area contributed by atoms with Crippen LogP contribution in [0.4, 0.5) is 11.4 Å². The van der Waals surface area contributed by atoms with Crippen LogP contribution in [0.2, 0.25) is 0 Å². The smallest absolute Gasteiger partial charge is 0.0651 e. The first-order chi connectivity index (χ1) is 12.3. The van der Waals surface area contributed by atoms with Crippen LogP contribution in [-0.4, -0.2) is 41.3 Å². The number of aromatic nitrogens is 2. The third-order valence-corrected chi connectivity index (χ3v) is 4.94. The lowest BCUT2D eigenvalue weighted by atomic mass is 10.0. The van der Waals surface area contributed by atoms with Gasteiger partial charge in [0.05, 0.1) is 11.7 Å². The number of fused-ring (bicyclic) bond motifs is 1. The second kappa shape index (κ2) is 7.15. The first kappa shape index (κ1) is 16.0. The highest BCUT2D eigenvalue weighted by Gasteiger charge is 2.20. The van der Waals surface area contributed by atoms with Crippen LogP contribution in [0, 0.1) is 0 Å². The van der Waals surface area contributed by atoms with Crippen molar-refractivity contribution in [1.29, 1.82) is 0 Å². The van der Waals surface area contributed by atoms with Crippen molar-refractivity contribution in [2.45, 2.75) is 25.4 Å². The first-order valence-electron chi connectivity index (χ1n) is 8.99. The molecule has 0 spiro atoms. The molecule has 2 heterocycles. The number of nitrogens with one attached hydrogen (secondary N) is 3. The van der Waals surface area contributed by atoms with Gasteiger partial charge in [-0.25, -0.2) is 0 Å². The predicted molar refractivity (Wildman–Crippen MR) is 104 cm³/mol. The van der Waals surface area contributed by atoms with E-state index in [0.29, 0.717) is 6.04 Å². The van der Waals surface area contributed by atoms with Crippen molar-refractivity contribution in [3.05, 3.63) is 54.2 Å². The molecule has 0 bridgehead atoms. The van der Waals surface area contributed by atoms with E-state index in [1.807, 2.05) is 13.2 Å². The molecule has 0 radical (unpaired) electrons. The fraction of sp³-hybridized carbons (Fsp3) is 0.350. The van der Waals surface area contributed by atoms with Crippen molar-refractivity contribution >= 4 is 22.3 Å². The molecule has 5 nitrogen and oxygen atoms in total. The Hall–Kier alpha value is -2.53. The summed E-state index contributed by atoms with van der Waals surface area (Å²) in [6, 6.07) is 15.6. The van der Waals surface area contributed by atoms with Gasteiger partial charge in [0, 0.05) is 42.9 Å². The number of benzene rings is 2. The molecule has 1 aliphatic rings. The molecule has 1 saturated heterocycles. The number of hydrogen-bond donors (Lipinski definition) is 3. The Balaban J connectivity index is 1.40. The van der Waals surface area contributed by atoms with E-state index >= 15 is 0 Å². The van der Waals surface area contributed by atoms with Crippen molar-refractivity contribution in [3.8, 4) is 0 Å². The van der Waals surface area contributed by atoms with Gasteiger partial charge in [0.1, 0.15) is 0 Å². The second-order valence-electron chi connectivity index (χ2n) is 6.84. The van der Waals surface area contributed by atoms with E-state index in [0.717, 1.165) is 24.0 Å². The fourth-order valence-electron chi connectivity index (χ4n) is 3.67. The SMILES string of the molecule is CNc1cccc(CN2CCCC(Nc3ccc4[nH]ncc4c3)C2)c1. The Morgan fingerprint density at radius 3 is 3.08 bits per heavy atom. The van der Waals surface area contributed by atoms with Crippen LogP contribution in [0.25, 0.3) is 10.9 Å². The van der Waals surface area contributed by atoms with Gasteiger partial charge in [0.2, 0.25) is 0 Å². The molecule has 130 valence electrons. The molecule has 1 aromatic heterocycles. The summed E-state index contributed by atoms with van der Waals surface area (Å²) in [5.41, 5.74) is 4.81. The number of anilines is 2. The molecule has 2 aromatic carbocycles. The summed E-state index contributed by atoms with van der Waals surface area (Å²) >= 11 is 0. The van der Waals surface area contributed by atoms with E-state index in [2.05, 4.69) is 68.2 Å². The van der Waals surface area contributed by atoms with E-state index in [9.17, 15) is 0 Å². The van der Waals surface area contributed by atoms with Crippen LogP contribution < -0.4 is 10.6 Å². The Labute approximate surface area is 148 Å². The number of piperidine rings is 1. The van der Waals surface area contributed by atoms with Crippen molar-refractivity contribution in [2.75, 3.05) is 30.8 Å². The zero-order valence-corrected chi connectivity index (χ0v) is 14.6. The molecule has 1 unspecified atom stereocenters. The molecular formula is C20H25N5. The molecule has 0 saturated carbocycles. The zero-order chi connectivity index (χ0) is 17.1. The minimum Gasteiger partial charge on any atom is -0.388 e. The summed E-state index contributed by atoms with van der Waals surface area (Å²) in [5, 5.41) is 15.2. The molecule has 4 rings (SSSR count). The first-order valence-corrected chi connectivity index (χ1v) is 8.99. The number of aromatic amines is 1. The van der Waals surface area contributed by atoms with Crippen LogP contribution in [0.1, 0.15) is 18.4 Å². The lowest BCUT2D eigenvalue weighted by Gasteiger charge is -2.33. The quantitative estimate of drug-likeness (QED) is 0.666. The minimum atomic E-state index is 0.491. The van der Waals surface area contributed by atoms with Gasteiger partial charge in [-0.3, -0.25) is 10.00 Å². The molecule has 1 atom stereocenters. The maximum Gasteiger partial charge on any atom is 0.0651 e. The number of likely N-dealkylation sites (tertiary alicyclic amines) is 1. The van der Waals surface area contributed by atoms with Crippen molar-refractivity contribution < 1.29 is 0 Å². The highest BCUT2D eigenvalue weighted by molar-refractivity contribution is 5.81. The Kier molecular flexibility index (Phi) is 4.57. The third kappa shape index (κ3) is 3.77. The van der Waals surface area contributed by atoms with Gasteiger partial charge in [-0.2, -0.15) is 5.10 Å². The normalized spacial score (nSPS) is 18.4. The molecule has 3 aromatic rings. The zero-order valence-electron chi connectivity index (χ0n) is 14.6. The molecule has 25 heavy (non-hydrogen) atoms. The van der Waals surface area contributed by atoms with E-state index in [4.69, 9.17) is 0 Å². The monoisotopic (exact) mass is 335 g/mol. The maximum atomic E-state index is 4.10. The van der Waals surface area contributed by atoms with Crippen molar-refractivity contribution in [1.82, 2.24) is 15.1 Å². The second-order valence-corrected chi connectivity index (χ2v) is 6.84. The molecule has 3 N–H and O–H groups in total. The van der Waals surface area contributed by atoms with Gasteiger partial charge >= 0.3 is 0 Å². The molecular weight excluding hydrogens is 310 g/mol. The van der Waals surface area contributed by atoms with Gasteiger partial charge in [0.15, 0.2) is 0 Å². The van der Waals surface area contributed by atoms with Gasteiger partial charge in [-0.15, -0.1) is 0 Å². The highest BCUT2D eigenvalue weighted by atomic mass is 15.2. The van der Waals surface area contributed by atoms with E-state index in [1.165, 1.54) is 36.3 Å². The van der Waals surface area contributed by atoms with Crippen molar-refractivity contribution in [3.63, 3.8) is 0 Å². The lowest BCUT2D eigenvalue weighted by Crippen LogP contribution is -2.41. The summed E-state index contributed by atoms with van der Waals surface area (Å²) in [4.78, 5) is 2.55. The topological polar surface area (TPSA) is 56.0 Å². The van der Waals surface area contributed by atoms with E-state index in [1.54, 1.807) is 0 Å². The summed E-state index contributed by atoms with van der Waals surface area (Å²) in [6.07, 6.45) is 4.33. The van der Waals surface area contributed by atoms with Crippen molar-refractivity contribution in [2.24, 2.45) is 0 Å². The standard InChI is InChI=1S/C20H25N5/c1-21-17-5-2-4-15(10-17)13-25-9-3-6-19(14-25)23-18-7-8-20-16(11-18)12-22-24-20/h2,4-5,7-8,10-12,19,21,23H,3,6,9,13-14H2,1H3,(H,22,24). The van der Waals surface area contributed by atoms with Crippen LogP contribution in [-0.2, 0) is 6.54 Å². The molecule has 0 aliphatic carbocycles. The van der Waals surface area contributed by atoms with Gasteiger partial charge in [0.25, 0.3) is 0 Å². The predicted octanol–water partition coefficient (Wildman–Crippen LogP) is 3.68. The molecule has 1 aliphatic heterocycles. The Morgan fingerprint density at radius 1 is 1.20 bits per heavy atom. The fourth-order valence-corrected chi connectivity index (χ4v) is 3.67. The minimum absolute atomic E-state index is 0.491. The van der Waals surface area contributed by atoms with E-state index < -0.39 is 0 Å². The molecule has 1 fully saturated rings. The number of nitrogens with zero attached hydrogens (tertiary/aromatic N) is 2. The largest absolute Gasteiger partial charge is 0.388 e. The summed E-state index contributed by atoms with van der Waals surface area (Å²) in [6.45, 7) is 3.25. The Morgan fingerprint density at radius 2 is 2.16 bits per heavy atom. The summed E-state index contributed by atoms with van der Waals surface area (Å²) in [7, 11) is 1.97. The van der Waals surface area contributed by atoms with Crippen LogP contribution in [0.5, 0.6) is 0 Å². The maximum absolute atomic E-state index is 4.10. The molecule has 0 amide bonds. The van der Waals surface area contributed by atoms with Gasteiger partial charge < -0.3 is 10.6 Å². The van der Waals surface area contributed by atoms with Gasteiger partial charge in [-0.05, 0) is 55.3 Å². The number of H-pyrrole nitrogens is 1. The van der Waals surface area contributed by atoms with Crippen LogP contribution >= 0.6 is 0 Å². The third-order valence-electron chi connectivity index (χ3n) is 4.94. The van der Waals surface area contributed by atoms with E-state index in [-0.39, 0.29) is 0 Å². The Bertz CT molecular complexity index is 841. The average molecular weight is 335 g/mol. The van der Waals surface area contributed by atoms with Crippen LogP contribution in [0.3, 0.4) is 0 Å². The number of hydrogen-bond acceptors (Lipinski definition) is 4.